The van der Waals surface area contributed by atoms with Crippen molar-refractivity contribution >= 4 is 5.97 Å². The molecule has 1 aliphatic rings. The zero-order valence-electron chi connectivity index (χ0n) is 6.50. The summed E-state index contributed by atoms with van der Waals surface area (Å²) in [5, 5.41) is 8.25. The third-order valence-corrected chi connectivity index (χ3v) is 1.88. The highest BCUT2D eigenvalue weighted by Gasteiger charge is 2.23. The van der Waals surface area contributed by atoms with Crippen LogP contribution in [0.25, 0.3) is 0 Å². The molecule has 1 aliphatic heterocycles. The van der Waals surface area contributed by atoms with Crippen LogP contribution in [0.5, 0.6) is 0 Å². The van der Waals surface area contributed by atoms with E-state index in [0.29, 0.717) is 0 Å². The number of carbonyl (C=O) groups is 1. The van der Waals surface area contributed by atoms with Gasteiger partial charge < -0.3 is 5.11 Å². The van der Waals surface area contributed by atoms with Crippen LogP contribution in [0.3, 0.4) is 0 Å². The van der Waals surface area contributed by atoms with Crippen molar-refractivity contribution in [2.45, 2.75) is 19.4 Å². The van der Waals surface area contributed by atoms with E-state index in [2.05, 4.69) is 23.7 Å². The van der Waals surface area contributed by atoms with Crippen molar-refractivity contribution in [1.82, 2.24) is 4.90 Å². The van der Waals surface area contributed by atoms with Gasteiger partial charge in [-0.2, -0.15) is 0 Å². The van der Waals surface area contributed by atoms with Crippen molar-refractivity contribution in [2.24, 2.45) is 0 Å². The zero-order chi connectivity index (χ0) is 8.27. The van der Waals surface area contributed by atoms with E-state index < -0.39 is 5.97 Å². The SMILES string of the molecule is CCN1CCC1C#CC(=O)O. The van der Waals surface area contributed by atoms with Crippen LogP contribution in [0.4, 0.5) is 0 Å². The molecule has 0 aromatic heterocycles. The van der Waals surface area contributed by atoms with Crippen LogP contribution < -0.4 is 0 Å². The Morgan fingerprint density at radius 1 is 1.82 bits per heavy atom. The molecule has 1 unspecified atom stereocenters. The van der Waals surface area contributed by atoms with E-state index in [-0.39, 0.29) is 6.04 Å². The minimum absolute atomic E-state index is 0.191. The lowest BCUT2D eigenvalue weighted by atomic mass is 10.0. The molecule has 0 amide bonds. The third-order valence-electron chi connectivity index (χ3n) is 1.88. The van der Waals surface area contributed by atoms with Gasteiger partial charge in [0.2, 0.25) is 0 Å². The Morgan fingerprint density at radius 2 is 2.55 bits per heavy atom. The zero-order valence-corrected chi connectivity index (χ0v) is 6.50. The van der Waals surface area contributed by atoms with Crippen molar-refractivity contribution < 1.29 is 9.90 Å². The molecule has 1 N–H and O–H groups in total. The molecule has 0 aromatic carbocycles. The maximum Gasteiger partial charge on any atom is 0.381 e. The Bertz CT molecular complexity index is 212. The average Bonchev–Trinajstić information content (AvgIpc) is 1.86. The highest BCUT2D eigenvalue weighted by molar-refractivity contribution is 5.86. The number of hydrogen-bond acceptors (Lipinski definition) is 2. The second-order valence-corrected chi connectivity index (χ2v) is 2.51. The summed E-state index contributed by atoms with van der Waals surface area (Å²) in [6, 6.07) is 0.191. The van der Waals surface area contributed by atoms with Gasteiger partial charge in [0.25, 0.3) is 0 Å². The lowest BCUT2D eigenvalue weighted by molar-refractivity contribution is -0.130. The smallest absolute Gasteiger partial charge is 0.381 e. The molecule has 0 spiro atoms. The van der Waals surface area contributed by atoms with Crippen LogP contribution in [0.2, 0.25) is 0 Å². The van der Waals surface area contributed by atoms with Crippen molar-refractivity contribution in [2.75, 3.05) is 13.1 Å². The van der Waals surface area contributed by atoms with E-state index >= 15 is 0 Å². The molecule has 0 saturated carbocycles. The molecule has 0 aromatic rings. The number of hydrogen-bond donors (Lipinski definition) is 1. The molecule has 0 radical (unpaired) electrons. The lowest BCUT2D eigenvalue weighted by Gasteiger charge is -2.36. The Labute approximate surface area is 66.0 Å². The molecular formula is C8H11NO2. The normalized spacial score (nSPS) is 23.2. The molecule has 1 fully saturated rings. The van der Waals surface area contributed by atoms with Gasteiger partial charge in [-0.15, -0.1) is 0 Å². The molecule has 0 aliphatic carbocycles. The van der Waals surface area contributed by atoms with E-state index in [0.717, 1.165) is 19.5 Å². The monoisotopic (exact) mass is 153 g/mol. The fourth-order valence-corrected chi connectivity index (χ4v) is 1.13. The van der Waals surface area contributed by atoms with Gasteiger partial charge in [0, 0.05) is 12.5 Å². The summed E-state index contributed by atoms with van der Waals surface area (Å²) in [5.41, 5.74) is 0. The largest absolute Gasteiger partial charge is 0.472 e. The topological polar surface area (TPSA) is 40.5 Å². The van der Waals surface area contributed by atoms with Gasteiger partial charge >= 0.3 is 5.97 Å². The summed E-state index contributed by atoms with van der Waals surface area (Å²) in [6.45, 7) is 4.06. The quantitative estimate of drug-likeness (QED) is 0.546. The van der Waals surface area contributed by atoms with E-state index in [1.54, 1.807) is 0 Å². The first-order valence-electron chi connectivity index (χ1n) is 3.72. The fraction of sp³-hybridized carbons (Fsp3) is 0.625. The summed E-state index contributed by atoms with van der Waals surface area (Å²) in [7, 11) is 0. The van der Waals surface area contributed by atoms with Gasteiger partial charge in [-0.3, -0.25) is 4.90 Å². The minimum atomic E-state index is -1.03. The summed E-state index contributed by atoms with van der Waals surface area (Å²) in [5.74, 6) is 3.80. The second kappa shape index (κ2) is 3.40. The first kappa shape index (κ1) is 8.09. The van der Waals surface area contributed by atoms with Gasteiger partial charge in [0.15, 0.2) is 0 Å². The number of carboxylic acids is 1. The van der Waals surface area contributed by atoms with E-state index in [1.165, 1.54) is 0 Å². The summed E-state index contributed by atoms with van der Waals surface area (Å²) in [4.78, 5) is 12.2. The van der Waals surface area contributed by atoms with Crippen LogP contribution in [0.1, 0.15) is 13.3 Å². The van der Waals surface area contributed by atoms with Crippen molar-refractivity contribution in [3.8, 4) is 11.8 Å². The maximum absolute atomic E-state index is 10.0. The van der Waals surface area contributed by atoms with E-state index in [1.807, 2.05) is 0 Å². The number of carboxylic acid groups (broad SMARTS) is 1. The number of rotatable bonds is 1. The summed E-state index contributed by atoms with van der Waals surface area (Å²) in [6.07, 6.45) is 1.01. The van der Waals surface area contributed by atoms with Crippen LogP contribution in [-0.4, -0.2) is 35.1 Å². The Morgan fingerprint density at radius 3 is 2.91 bits per heavy atom. The first-order valence-corrected chi connectivity index (χ1v) is 3.72. The summed E-state index contributed by atoms with van der Waals surface area (Å²) < 4.78 is 0. The lowest BCUT2D eigenvalue weighted by Crippen LogP contribution is -2.46. The summed E-state index contributed by atoms with van der Waals surface area (Å²) >= 11 is 0. The molecule has 0 bridgehead atoms. The molecular weight excluding hydrogens is 142 g/mol. The van der Waals surface area contributed by atoms with Gasteiger partial charge in [-0.25, -0.2) is 4.79 Å². The fourth-order valence-electron chi connectivity index (χ4n) is 1.13. The molecule has 3 heteroatoms. The molecule has 1 rings (SSSR count). The van der Waals surface area contributed by atoms with Crippen LogP contribution in [-0.2, 0) is 4.79 Å². The van der Waals surface area contributed by atoms with Crippen LogP contribution >= 0.6 is 0 Å². The van der Waals surface area contributed by atoms with Crippen LogP contribution in [0.15, 0.2) is 0 Å². The number of nitrogens with zero attached hydrogens (tertiary/aromatic N) is 1. The molecule has 11 heavy (non-hydrogen) atoms. The third kappa shape index (κ3) is 1.95. The van der Waals surface area contributed by atoms with E-state index in [4.69, 9.17) is 5.11 Å². The Hall–Kier alpha value is -1.01. The number of aliphatic carboxylic acids is 1. The molecule has 60 valence electrons. The standard InChI is InChI=1S/C8H11NO2/c1-2-9-6-5-7(9)3-4-8(10)11/h7H,2,5-6H2,1H3,(H,10,11). The molecule has 3 nitrogen and oxygen atoms in total. The second-order valence-electron chi connectivity index (χ2n) is 2.51. The Kier molecular flexibility index (Phi) is 2.50. The molecule has 1 saturated heterocycles. The van der Waals surface area contributed by atoms with Gasteiger partial charge in [-0.1, -0.05) is 12.8 Å². The molecule has 1 atom stereocenters. The predicted molar refractivity (Wildman–Crippen MR) is 41.1 cm³/mol. The predicted octanol–water partition coefficient (Wildman–Crippen LogP) is 0.169. The van der Waals surface area contributed by atoms with Crippen molar-refractivity contribution in [3.63, 3.8) is 0 Å². The van der Waals surface area contributed by atoms with Gasteiger partial charge in [-0.05, 0) is 13.0 Å². The minimum Gasteiger partial charge on any atom is -0.472 e. The van der Waals surface area contributed by atoms with E-state index in [9.17, 15) is 4.79 Å². The highest BCUT2D eigenvalue weighted by atomic mass is 16.4. The first-order chi connectivity index (χ1) is 5.24. The molecule has 1 heterocycles. The van der Waals surface area contributed by atoms with Crippen molar-refractivity contribution in [3.05, 3.63) is 0 Å². The van der Waals surface area contributed by atoms with Crippen LogP contribution in [0, 0.1) is 11.8 Å². The van der Waals surface area contributed by atoms with Crippen molar-refractivity contribution in [1.29, 1.82) is 0 Å². The number of likely N-dealkylation sites (tertiary alicyclic amines) is 1. The maximum atomic E-state index is 10.0. The van der Waals surface area contributed by atoms with Gasteiger partial charge in [0.05, 0.1) is 6.04 Å². The highest BCUT2D eigenvalue weighted by Crippen LogP contribution is 2.14. The average molecular weight is 153 g/mol. The Balaban J connectivity index is 2.40. The van der Waals surface area contributed by atoms with Gasteiger partial charge in [0.1, 0.15) is 0 Å².